The molecule has 0 saturated carbocycles. The van der Waals surface area contributed by atoms with E-state index in [0.717, 1.165) is 0 Å². The number of aliphatic hydroxyl groups is 1. The summed E-state index contributed by atoms with van der Waals surface area (Å²) in [6.07, 6.45) is -5.45. The third kappa shape index (κ3) is 2.31. The van der Waals surface area contributed by atoms with Crippen LogP contribution in [0, 0.1) is 10.1 Å². The molecule has 0 aliphatic rings. The number of carbonyl (C=O) groups is 1. The van der Waals surface area contributed by atoms with Gasteiger partial charge in [-0.2, -0.15) is 13.2 Å². The molecule has 0 aliphatic carbocycles. The van der Waals surface area contributed by atoms with E-state index in [4.69, 9.17) is 5.11 Å². The molecule has 0 bridgehead atoms. The van der Waals surface area contributed by atoms with Gasteiger partial charge in [0, 0.05) is 4.92 Å². The number of halogens is 3. The molecule has 0 aromatic heterocycles. The summed E-state index contributed by atoms with van der Waals surface area (Å²) in [5, 5.41) is 18.6. The van der Waals surface area contributed by atoms with E-state index >= 15 is 0 Å². The van der Waals surface area contributed by atoms with Gasteiger partial charge in [0.15, 0.2) is 0 Å². The second kappa shape index (κ2) is 3.78. The van der Waals surface area contributed by atoms with E-state index in [1.165, 1.54) is 0 Å². The van der Waals surface area contributed by atoms with Gasteiger partial charge in [0.2, 0.25) is 0 Å². The molecule has 14 heavy (non-hydrogen) atoms. The van der Waals surface area contributed by atoms with Crippen LogP contribution in [0.25, 0.3) is 0 Å². The molecule has 1 N–H and O–H groups in total. The van der Waals surface area contributed by atoms with Gasteiger partial charge in [0.05, 0.1) is 7.11 Å². The van der Waals surface area contributed by atoms with Gasteiger partial charge in [-0.15, -0.1) is 0 Å². The Morgan fingerprint density at radius 2 is 2.00 bits per heavy atom. The van der Waals surface area contributed by atoms with Crippen molar-refractivity contribution >= 4 is 5.97 Å². The zero-order valence-corrected chi connectivity index (χ0v) is 6.87. The highest BCUT2D eigenvalue weighted by Gasteiger charge is 2.64. The first kappa shape index (κ1) is 12.6. The van der Waals surface area contributed by atoms with E-state index in [1.807, 2.05) is 0 Å². The van der Waals surface area contributed by atoms with E-state index < -0.39 is 29.2 Å². The lowest BCUT2D eigenvalue weighted by Gasteiger charge is -2.23. The first-order chi connectivity index (χ1) is 6.15. The number of ether oxygens (including phenoxy) is 1. The van der Waals surface area contributed by atoms with Crippen molar-refractivity contribution in [3.05, 3.63) is 10.1 Å². The maximum atomic E-state index is 12.0. The fourth-order valence-electron chi connectivity index (χ4n) is 0.626. The first-order valence-corrected chi connectivity index (χ1v) is 3.14. The molecule has 0 aromatic carbocycles. The van der Waals surface area contributed by atoms with Crippen molar-refractivity contribution in [2.24, 2.45) is 0 Å². The monoisotopic (exact) mass is 217 g/mol. The van der Waals surface area contributed by atoms with Crippen molar-refractivity contribution in [1.82, 2.24) is 0 Å². The quantitative estimate of drug-likeness (QED) is 0.399. The minimum Gasteiger partial charge on any atom is -0.466 e. The molecule has 1 atom stereocenters. The fourth-order valence-corrected chi connectivity index (χ4v) is 0.626. The van der Waals surface area contributed by atoms with Gasteiger partial charge in [-0.3, -0.25) is 10.1 Å². The molecule has 9 heteroatoms. The van der Waals surface area contributed by atoms with Crippen LogP contribution >= 0.6 is 0 Å². The van der Waals surface area contributed by atoms with Crippen LogP contribution in [0.3, 0.4) is 0 Å². The smallest absolute Gasteiger partial charge is 0.434 e. The van der Waals surface area contributed by atoms with Gasteiger partial charge < -0.3 is 9.84 Å². The van der Waals surface area contributed by atoms with Crippen molar-refractivity contribution < 1.29 is 32.7 Å². The summed E-state index contributed by atoms with van der Waals surface area (Å²) in [6, 6.07) is 0. The van der Waals surface area contributed by atoms with E-state index in [-0.39, 0.29) is 0 Å². The highest BCUT2D eigenvalue weighted by molar-refractivity contribution is 5.80. The van der Waals surface area contributed by atoms with Crippen LogP contribution in [0.15, 0.2) is 0 Å². The van der Waals surface area contributed by atoms with Crippen molar-refractivity contribution in [3.63, 3.8) is 0 Å². The molecule has 6 nitrogen and oxygen atoms in total. The predicted molar refractivity (Wildman–Crippen MR) is 34.9 cm³/mol. The van der Waals surface area contributed by atoms with E-state index in [1.54, 1.807) is 0 Å². The molecule has 0 heterocycles. The number of methoxy groups -OCH3 is 1. The molecule has 0 unspecified atom stereocenters. The van der Waals surface area contributed by atoms with Crippen LogP contribution < -0.4 is 0 Å². The molecule has 0 saturated heterocycles. The molecule has 0 fully saturated rings. The largest absolute Gasteiger partial charge is 0.466 e. The normalized spacial score (nSPS) is 15.8. The third-order valence-electron chi connectivity index (χ3n) is 1.35. The SMILES string of the molecule is COC(=O)[C@](O)(C[N+](=O)[O-])C(F)(F)F. The van der Waals surface area contributed by atoms with Crippen LogP contribution in [-0.4, -0.2) is 41.4 Å². The lowest BCUT2D eigenvalue weighted by atomic mass is 10.0. The maximum absolute atomic E-state index is 12.0. The maximum Gasteiger partial charge on any atom is 0.434 e. The average Bonchev–Trinajstić information content (AvgIpc) is 1.99. The first-order valence-electron chi connectivity index (χ1n) is 3.14. The summed E-state index contributed by atoms with van der Waals surface area (Å²) >= 11 is 0. The molecule has 0 aliphatic heterocycles. The molecule has 82 valence electrons. The van der Waals surface area contributed by atoms with Crippen molar-refractivity contribution in [1.29, 1.82) is 0 Å². The predicted octanol–water partition coefficient (Wildman–Crippen LogP) is -0.270. The number of alkyl halides is 3. The number of carbonyl (C=O) groups excluding carboxylic acids is 1. The van der Waals surface area contributed by atoms with Crippen LogP contribution in [0.4, 0.5) is 13.2 Å². The van der Waals surface area contributed by atoms with E-state index in [9.17, 15) is 28.1 Å². The zero-order chi connectivity index (χ0) is 11.6. The second-order valence-corrected chi connectivity index (χ2v) is 2.34. The highest BCUT2D eigenvalue weighted by atomic mass is 19.4. The molecule has 0 radical (unpaired) electrons. The molecule has 0 aromatic rings. The Morgan fingerprint density at radius 3 is 2.21 bits per heavy atom. The Balaban J connectivity index is 5.05. The summed E-state index contributed by atoms with van der Waals surface area (Å²) < 4.78 is 39.8. The van der Waals surface area contributed by atoms with Crippen molar-refractivity contribution in [2.45, 2.75) is 11.8 Å². The summed E-state index contributed by atoms with van der Waals surface area (Å²) in [5.41, 5.74) is -4.09. The van der Waals surface area contributed by atoms with Crippen LogP contribution in [0.2, 0.25) is 0 Å². The standard InChI is InChI=1S/C5H6F3NO5/c1-14-3(10)4(11,2-9(12)13)5(6,7)8/h11H,2H2,1H3/t4-/m1/s1. The van der Waals surface area contributed by atoms with E-state index in [2.05, 4.69) is 4.74 Å². The number of nitro groups is 1. The van der Waals surface area contributed by atoms with Crippen molar-refractivity contribution in [3.8, 4) is 0 Å². The summed E-state index contributed by atoms with van der Waals surface area (Å²) in [6.45, 7) is -1.98. The minimum atomic E-state index is -5.45. The number of hydrogen-bond acceptors (Lipinski definition) is 5. The summed E-state index contributed by atoms with van der Waals surface area (Å²) in [4.78, 5) is 18.9. The molecular formula is C5H6F3NO5. The number of hydrogen-bond donors (Lipinski definition) is 1. The van der Waals surface area contributed by atoms with Gasteiger partial charge in [0.25, 0.3) is 6.54 Å². The Morgan fingerprint density at radius 1 is 1.57 bits per heavy atom. The molecule has 0 amide bonds. The number of nitrogens with zero attached hydrogens (tertiary/aromatic N) is 1. The van der Waals surface area contributed by atoms with Crippen LogP contribution in [0.5, 0.6) is 0 Å². The lowest BCUT2D eigenvalue weighted by Crippen LogP contribution is -2.57. The summed E-state index contributed by atoms with van der Waals surface area (Å²) in [7, 11) is 0.582. The molecule has 0 rings (SSSR count). The summed E-state index contributed by atoms with van der Waals surface area (Å²) in [5.74, 6) is -2.11. The average molecular weight is 217 g/mol. The van der Waals surface area contributed by atoms with Crippen LogP contribution in [-0.2, 0) is 9.53 Å². The second-order valence-electron chi connectivity index (χ2n) is 2.34. The zero-order valence-electron chi connectivity index (χ0n) is 6.87. The lowest BCUT2D eigenvalue weighted by molar-refractivity contribution is -0.510. The topological polar surface area (TPSA) is 89.7 Å². The van der Waals surface area contributed by atoms with E-state index in [0.29, 0.717) is 7.11 Å². The van der Waals surface area contributed by atoms with Gasteiger partial charge in [-0.05, 0) is 0 Å². The third-order valence-corrected chi connectivity index (χ3v) is 1.35. The Labute approximate surface area is 75.4 Å². The highest BCUT2D eigenvalue weighted by Crippen LogP contribution is 2.31. The van der Waals surface area contributed by atoms with Crippen molar-refractivity contribution in [2.75, 3.05) is 13.7 Å². The Kier molecular flexibility index (Phi) is 3.41. The van der Waals surface area contributed by atoms with Gasteiger partial charge in [-0.25, -0.2) is 4.79 Å². The van der Waals surface area contributed by atoms with Crippen LogP contribution in [0.1, 0.15) is 0 Å². The Bertz CT molecular complexity index is 252. The van der Waals surface area contributed by atoms with Gasteiger partial charge in [-0.1, -0.05) is 0 Å². The van der Waals surface area contributed by atoms with Gasteiger partial charge >= 0.3 is 17.7 Å². The molecule has 0 spiro atoms. The van der Waals surface area contributed by atoms with Gasteiger partial charge in [0.1, 0.15) is 0 Å². The Hall–Kier alpha value is -1.38. The molecular weight excluding hydrogens is 211 g/mol. The number of rotatable bonds is 3. The number of esters is 1. The fraction of sp³-hybridized carbons (Fsp3) is 0.800. The minimum absolute atomic E-state index is 0.582.